The smallest absolute Gasteiger partial charge is 0.257 e. The van der Waals surface area contributed by atoms with Crippen LogP contribution in [0, 0.1) is 17.2 Å². The highest BCUT2D eigenvalue weighted by Crippen LogP contribution is 2.36. The molecule has 0 unspecified atom stereocenters. The van der Waals surface area contributed by atoms with E-state index in [1.54, 1.807) is 0 Å². The first-order valence-electron chi connectivity index (χ1n) is 13.9. The Balaban J connectivity index is 1.45. The van der Waals surface area contributed by atoms with Crippen molar-refractivity contribution < 1.29 is 4.79 Å². The zero-order valence-electron chi connectivity index (χ0n) is 23.2. The lowest BCUT2D eigenvalue weighted by Gasteiger charge is -2.11. The Bertz CT molecular complexity index is 1680. The number of nitrogens with zero attached hydrogens (tertiary/aromatic N) is 2. The largest absolute Gasteiger partial charge is 0.312 e. The van der Waals surface area contributed by atoms with E-state index >= 15 is 0 Å². The third kappa shape index (κ3) is 5.98. The summed E-state index contributed by atoms with van der Waals surface area (Å²) < 4.78 is 0. The molecule has 200 valence electrons. The molecule has 5 rings (SSSR count). The van der Waals surface area contributed by atoms with Crippen molar-refractivity contribution in [1.82, 2.24) is 4.98 Å². The number of anilines is 1. The molecule has 0 bridgehead atoms. The number of carbonyl (C=O) groups is 1. The lowest BCUT2D eigenvalue weighted by Crippen LogP contribution is -2.13. The lowest BCUT2D eigenvalue weighted by molar-refractivity contribution is 0.102. The molecule has 0 aliphatic heterocycles. The highest BCUT2D eigenvalue weighted by molar-refractivity contribution is 7.15. The highest BCUT2D eigenvalue weighted by atomic mass is 32.1. The van der Waals surface area contributed by atoms with Gasteiger partial charge in [-0.15, -0.1) is 11.3 Å². The van der Waals surface area contributed by atoms with Gasteiger partial charge in [-0.3, -0.25) is 4.79 Å². The van der Waals surface area contributed by atoms with Crippen molar-refractivity contribution >= 4 is 33.1 Å². The molecule has 0 aliphatic carbocycles. The summed E-state index contributed by atoms with van der Waals surface area (Å²) in [7, 11) is 0. The number of para-hydroxylation sites is 1. The monoisotopic (exact) mass is 543 g/mol. The molecule has 0 radical (unpaired) electrons. The van der Waals surface area contributed by atoms with Gasteiger partial charge in [0.2, 0.25) is 0 Å². The van der Waals surface area contributed by atoms with Gasteiger partial charge >= 0.3 is 0 Å². The molecule has 0 spiro atoms. The SMILES string of the molecule is CCCCc1ccc(-c2csc(NC(=O)c3cc(-c4ccc(CC(C)C)cc4)nc4ccccc34)c2C#N)cc1. The molecule has 1 N–H and O–H groups in total. The average Bonchev–Trinajstić information content (AvgIpc) is 3.38. The summed E-state index contributed by atoms with van der Waals surface area (Å²) in [5.41, 5.74) is 7.88. The van der Waals surface area contributed by atoms with Crippen molar-refractivity contribution in [2.45, 2.75) is 46.5 Å². The summed E-state index contributed by atoms with van der Waals surface area (Å²) in [6.07, 6.45) is 4.39. The van der Waals surface area contributed by atoms with Crippen molar-refractivity contribution in [2.75, 3.05) is 5.32 Å². The van der Waals surface area contributed by atoms with Crippen LogP contribution in [0.4, 0.5) is 5.00 Å². The Morgan fingerprint density at radius 3 is 2.38 bits per heavy atom. The summed E-state index contributed by atoms with van der Waals surface area (Å²) in [5.74, 6) is 0.331. The van der Waals surface area contributed by atoms with Crippen LogP contribution in [0.15, 0.2) is 84.2 Å². The van der Waals surface area contributed by atoms with Crippen LogP contribution in [0.3, 0.4) is 0 Å². The summed E-state index contributed by atoms with van der Waals surface area (Å²) in [5, 5.41) is 16.4. The van der Waals surface area contributed by atoms with Gasteiger partial charge in [-0.05, 0) is 54.0 Å². The van der Waals surface area contributed by atoms with E-state index < -0.39 is 0 Å². The molecule has 3 aromatic carbocycles. The Labute approximate surface area is 240 Å². The van der Waals surface area contributed by atoms with Crippen molar-refractivity contribution in [2.24, 2.45) is 5.92 Å². The van der Waals surface area contributed by atoms with E-state index in [4.69, 9.17) is 4.98 Å². The first-order chi connectivity index (χ1) is 19.5. The molecule has 4 nitrogen and oxygen atoms in total. The van der Waals surface area contributed by atoms with Crippen LogP contribution in [0.5, 0.6) is 0 Å². The van der Waals surface area contributed by atoms with Gasteiger partial charge in [-0.2, -0.15) is 5.26 Å². The van der Waals surface area contributed by atoms with E-state index in [0.717, 1.165) is 59.0 Å². The van der Waals surface area contributed by atoms with Crippen LogP contribution in [0.1, 0.15) is 60.7 Å². The quantitative estimate of drug-likeness (QED) is 0.201. The summed E-state index contributed by atoms with van der Waals surface area (Å²) >= 11 is 1.38. The molecule has 5 aromatic rings. The number of nitrogens with one attached hydrogen (secondary N) is 1. The van der Waals surface area contributed by atoms with Crippen LogP contribution < -0.4 is 5.32 Å². The zero-order valence-corrected chi connectivity index (χ0v) is 24.0. The fraction of sp³-hybridized carbons (Fsp3) is 0.229. The Morgan fingerprint density at radius 2 is 1.68 bits per heavy atom. The molecule has 0 fully saturated rings. The maximum absolute atomic E-state index is 13.7. The Kier molecular flexibility index (Phi) is 8.38. The first-order valence-corrected chi connectivity index (χ1v) is 14.8. The number of amides is 1. The minimum absolute atomic E-state index is 0.254. The third-order valence-electron chi connectivity index (χ3n) is 7.07. The lowest BCUT2D eigenvalue weighted by atomic mass is 9.99. The average molecular weight is 544 g/mol. The molecule has 2 aromatic heterocycles. The van der Waals surface area contributed by atoms with Crippen molar-refractivity contribution in [3.63, 3.8) is 0 Å². The predicted molar refractivity (Wildman–Crippen MR) is 167 cm³/mol. The molecule has 0 aliphatic rings. The van der Waals surface area contributed by atoms with Crippen LogP contribution in [-0.4, -0.2) is 10.9 Å². The Hall–Kier alpha value is -4.27. The van der Waals surface area contributed by atoms with E-state index in [-0.39, 0.29) is 5.91 Å². The van der Waals surface area contributed by atoms with E-state index in [2.05, 4.69) is 80.7 Å². The number of nitriles is 1. The van der Waals surface area contributed by atoms with E-state index in [0.29, 0.717) is 22.0 Å². The minimum Gasteiger partial charge on any atom is -0.312 e. The molecule has 1 amide bonds. The van der Waals surface area contributed by atoms with Gasteiger partial charge < -0.3 is 5.32 Å². The van der Waals surface area contributed by atoms with Crippen LogP contribution in [-0.2, 0) is 12.8 Å². The van der Waals surface area contributed by atoms with Crippen LogP contribution in [0.2, 0.25) is 0 Å². The second-order valence-electron chi connectivity index (χ2n) is 10.6. The van der Waals surface area contributed by atoms with Gasteiger partial charge in [0.05, 0.1) is 22.3 Å². The third-order valence-corrected chi connectivity index (χ3v) is 7.96. The number of carbonyl (C=O) groups excluding carboxylic acids is 1. The number of aryl methyl sites for hydroxylation is 1. The standard InChI is InChI=1S/C35H33N3OS/c1-4-5-8-24-11-15-26(16-12-24)31-22-40-35(30(31)21-36)38-34(39)29-20-33(37-32-10-7-6-9-28(29)32)27-17-13-25(14-18-27)19-23(2)3/h6-7,9-18,20,22-23H,4-5,8,19H2,1-3H3,(H,38,39). The van der Waals surface area contributed by atoms with Gasteiger partial charge in [-0.25, -0.2) is 4.98 Å². The maximum atomic E-state index is 13.7. The van der Waals surface area contributed by atoms with Crippen molar-refractivity contribution in [1.29, 1.82) is 5.26 Å². The molecule has 5 heteroatoms. The maximum Gasteiger partial charge on any atom is 0.257 e. The molecular formula is C35H33N3OS. The highest BCUT2D eigenvalue weighted by Gasteiger charge is 2.19. The number of fused-ring (bicyclic) bond motifs is 1. The van der Waals surface area contributed by atoms with Gasteiger partial charge in [0, 0.05) is 21.9 Å². The van der Waals surface area contributed by atoms with Gasteiger partial charge in [0.15, 0.2) is 0 Å². The number of unbranched alkanes of at least 4 members (excludes halogenated alkanes) is 1. The summed E-state index contributed by atoms with van der Waals surface area (Å²) in [4.78, 5) is 18.6. The fourth-order valence-electron chi connectivity index (χ4n) is 4.97. The van der Waals surface area contributed by atoms with E-state index in [1.165, 1.54) is 22.5 Å². The number of rotatable bonds is 9. The second-order valence-corrected chi connectivity index (χ2v) is 11.5. The molecule has 0 saturated heterocycles. The summed E-state index contributed by atoms with van der Waals surface area (Å²) in [6.45, 7) is 6.61. The van der Waals surface area contributed by atoms with Crippen molar-refractivity contribution in [3.8, 4) is 28.5 Å². The number of hydrogen-bond donors (Lipinski definition) is 1. The van der Waals surface area contributed by atoms with Gasteiger partial charge in [0.1, 0.15) is 11.1 Å². The van der Waals surface area contributed by atoms with E-state index in [1.807, 2.05) is 35.7 Å². The Morgan fingerprint density at radius 1 is 0.975 bits per heavy atom. The molecular weight excluding hydrogens is 510 g/mol. The fourth-order valence-corrected chi connectivity index (χ4v) is 5.88. The van der Waals surface area contributed by atoms with Crippen LogP contribution in [0.25, 0.3) is 33.3 Å². The first kappa shape index (κ1) is 27.3. The molecule has 0 atom stereocenters. The number of benzene rings is 3. The zero-order chi connectivity index (χ0) is 28.1. The normalized spacial score (nSPS) is 11.1. The number of pyridine rings is 1. The minimum atomic E-state index is -0.254. The number of aromatic nitrogens is 1. The van der Waals surface area contributed by atoms with Gasteiger partial charge in [-0.1, -0.05) is 93.9 Å². The molecule has 0 saturated carbocycles. The summed E-state index contributed by atoms with van der Waals surface area (Å²) in [6, 6.07) is 28.7. The van der Waals surface area contributed by atoms with Crippen molar-refractivity contribution in [3.05, 3.63) is 106 Å². The predicted octanol–water partition coefficient (Wildman–Crippen LogP) is 9.30. The molecule has 2 heterocycles. The number of hydrogen-bond acceptors (Lipinski definition) is 4. The van der Waals surface area contributed by atoms with Crippen LogP contribution >= 0.6 is 11.3 Å². The van der Waals surface area contributed by atoms with E-state index in [9.17, 15) is 10.1 Å². The second kappa shape index (κ2) is 12.3. The van der Waals surface area contributed by atoms with Gasteiger partial charge in [0.25, 0.3) is 5.91 Å². The topological polar surface area (TPSA) is 65.8 Å². The molecule has 40 heavy (non-hydrogen) atoms. The number of thiophene rings is 1.